The number of hydrogen-bond acceptors (Lipinski definition) is 2. The molecule has 0 aliphatic carbocycles. The summed E-state index contributed by atoms with van der Waals surface area (Å²) in [5, 5.41) is 1.09. The molecular weight excluding hydrogens is 171 g/mol. The molecule has 64 valence electrons. The number of hydrogen-bond donors (Lipinski definition) is 0. The van der Waals surface area contributed by atoms with Crippen LogP contribution in [-0.4, -0.2) is 12.6 Å². The molecule has 0 aliphatic heterocycles. The predicted octanol–water partition coefficient (Wildman–Crippen LogP) is 1.55. The van der Waals surface area contributed by atoms with Crippen LogP contribution in [0.3, 0.4) is 0 Å². The van der Waals surface area contributed by atoms with Gasteiger partial charge in [-0.2, -0.15) is 0 Å². The first-order valence-corrected chi connectivity index (χ1v) is 5.19. The van der Waals surface area contributed by atoms with Crippen molar-refractivity contribution < 1.29 is 9.53 Å². The molecule has 2 nitrogen and oxygen atoms in total. The Morgan fingerprint density at radius 1 is 1.42 bits per heavy atom. The van der Waals surface area contributed by atoms with Crippen LogP contribution in [0.1, 0.15) is 6.92 Å². The van der Waals surface area contributed by atoms with Crippen LogP contribution in [0.15, 0.2) is 24.3 Å². The Kier molecular flexibility index (Phi) is 3.24. The molecule has 0 radical (unpaired) electrons. The number of carbonyl (C=O) groups is 1. The second-order valence-corrected chi connectivity index (χ2v) is 3.38. The Labute approximate surface area is 73.7 Å². The van der Waals surface area contributed by atoms with Gasteiger partial charge in [-0.25, -0.2) is 0 Å². The van der Waals surface area contributed by atoms with E-state index in [0.717, 1.165) is 5.30 Å². The lowest BCUT2D eigenvalue weighted by Gasteiger charge is -2.05. The van der Waals surface area contributed by atoms with E-state index in [4.69, 9.17) is 4.74 Å². The van der Waals surface area contributed by atoms with E-state index >= 15 is 0 Å². The van der Waals surface area contributed by atoms with Crippen LogP contribution in [0, 0.1) is 0 Å². The average Bonchev–Trinajstić information content (AvgIpc) is 2.04. The van der Waals surface area contributed by atoms with Gasteiger partial charge in [0.2, 0.25) is 0 Å². The van der Waals surface area contributed by atoms with Gasteiger partial charge in [-0.15, -0.1) is 0 Å². The first kappa shape index (κ1) is 9.21. The third-order valence-corrected chi connectivity index (χ3v) is 2.36. The van der Waals surface area contributed by atoms with Crippen LogP contribution in [0.4, 0.5) is 0 Å². The Morgan fingerprint density at radius 3 is 2.67 bits per heavy atom. The number of benzene rings is 1. The van der Waals surface area contributed by atoms with E-state index in [1.165, 1.54) is 6.92 Å². The molecule has 0 spiro atoms. The van der Waals surface area contributed by atoms with Crippen LogP contribution in [0.25, 0.3) is 0 Å². The standard InChI is InChI=1S/C9H11O2P/c1-7(10)11-8-5-3-4-6-9(8)12-2/h3-6,12H,1-2H3. The molecule has 1 unspecified atom stereocenters. The van der Waals surface area contributed by atoms with Gasteiger partial charge in [0.1, 0.15) is 5.75 Å². The summed E-state index contributed by atoms with van der Waals surface area (Å²) in [6, 6.07) is 7.59. The molecule has 1 aromatic carbocycles. The van der Waals surface area contributed by atoms with Gasteiger partial charge in [0, 0.05) is 12.2 Å². The molecule has 0 saturated heterocycles. The predicted molar refractivity (Wildman–Crippen MR) is 51.6 cm³/mol. The SMILES string of the molecule is CPc1ccccc1OC(C)=O. The largest absolute Gasteiger partial charge is 0.426 e. The van der Waals surface area contributed by atoms with E-state index in [-0.39, 0.29) is 5.97 Å². The van der Waals surface area contributed by atoms with Crippen LogP contribution < -0.4 is 10.0 Å². The number of ether oxygens (including phenoxy) is 1. The molecule has 12 heavy (non-hydrogen) atoms. The Bertz CT molecular complexity index is 284. The first-order valence-electron chi connectivity index (χ1n) is 3.69. The van der Waals surface area contributed by atoms with Crippen molar-refractivity contribution in [3.63, 3.8) is 0 Å². The van der Waals surface area contributed by atoms with Crippen molar-refractivity contribution in [1.29, 1.82) is 0 Å². The van der Waals surface area contributed by atoms with Crippen molar-refractivity contribution in [1.82, 2.24) is 0 Å². The fourth-order valence-electron chi connectivity index (χ4n) is 0.917. The summed E-state index contributed by atoms with van der Waals surface area (Å²) in [5.74, 6) is 0.423. The van der Waals surface area contributed by atoms with Crippen LogP contribution >= 0.6 is 8.58 Å². The average molecular weight is 182 g/mol. The summed E-state index contributed by atoms with van der Waals surface area (Å²) in [7, 11) is 0.651. The summed E-state index contributed by atoms with van der Waals surface area (Å²) >= 11 is 0. The van der Waals surface area contributed by atoms with Crippen LogP contribution in [0.5, 0.6) is 5.75 Å². The summed E-state index contributed by atoms with van der Waals surface area (Å²) in [5.41, 5.74) is 0. The van der Waals surface area contributed by atoms with Gasteiger partial charge in [0.25, 0.3) is 0 Å². The molecule has 1 rings (SSSR count). The quantitative estimate of drug-likeness (QED) is 0.394. The minimum atomic E-state index is -0.263. The summed E-state index contributed by atoms with van der Waals surface area (Å²) in [6.45, 7) is 3.47. The molecule has 0 saturated carbocycles. The number of para-hydroxylation sites is 1. The minimum Gasteiger partial charge on any atom is -0.426 e. The summed E-state index contributed by atoms with van der Waals surface area (Å²) in [4.78, 5) is 10.7. The van der Waals surface area contributed by atoms with Crippen molar-refractivity contribution >= 4 is 19.9 Å². The maximum atomic E-state index is 10.7. The van der Waals surface area contributed by atoms with E-state index in [1.807, 2.05) is 24.3 Å². The molecule has 0 amide bonds. The van der Waals surface area contributed by atoms with E-state index in [1.54, 1.807) is 0 Å². The second kappa shape index (κ2) is 4.22. The van der Waals surface area contributed by atoms with Crippen LogP contribution in [0.2, 0.25) is 0 Å². The zero-order chi connectivity index (χ0) is 8.97. The van der Waals surface area contributed by atoms with Gasteiger partial charge in [0.05, 0.1) is 0 Å². The van der Waals surface area contributed by atoms with E-state index < -0.39 is 0 Å². The van der Waals surface area contributed by atoms with Crippen molar-refractivity contribution in [2.24, 2.45) is 0 Å². The minimum absolute atomic E-state index is 0.263. The molecule has 0 N–H and O–H groups in total. The Morgan fingerprint density at radius 2 is 2.08 bits per heavy atom. The highest BCUT2D eigenvalue weighted by Gasteiger charge is 2.01. The van der Waals surface area contributed by atoms with Gasteiger partial charge >= 0.3 is 5.97 Å². The maximum Gasteiger partial charge on any atom is 0.308 e. The Balaban J connectivity index is 2.89. The lowest BCUT2D eigenvalue weighted by atomic mass is 10.3. The molecule has 0 fully saturated rings. The fraction of sp³-hybridized carbons (Fsp3) is 0.222. The lowest BCUT2D eigenvalue weighted by molar-refractivity contribution is -0.131. The van der Waals surface area contributed by atoms with Crippen molar-refractivity contribution in [2.75, 3.05) is 6.66 Å². The smallest absolute Gasteiger partial charge is 0.308 e. The number of esters is 1. The third-order valence-electron chi connectivity index (χ3n) is 1.41. The zero-order valence-electron chi connectivity index (χ0n) is 7.13. The van der Waals surface area contributed by atoms with Gasteiger partial charge in [0.15, 0.2) is 0 Å². The molecule has 3 heteroatoms. The molecule has 0 aliphatic rings. The highest BCUT2D eigenvalue weighted by molar-refractivity contribution is 7.46. The zero-order valence-corrected chi connectivity index (χ0v) is 8.13. The van der Waals surface area contributed by atoms with Gasteiger partial charge in [-0.3, -0.25) is 4.79 Å². The van der Waals surface area contributed by atoms with E-state index in [0.29, 0.717) is 14.3 Å². The molecule has 0 aromatic heterocycles. The van der Waals surface area contributed by atoms with Crippen LogP contribution in [-0.2, 0) is 4.79 Å². The van der Waals surface area contributed by atoms with E-state index in [9.17, 15) is 4.79 Å². The molecule has 0 heterocycles. The van der Waals surface area contributed by atoms with Crippen molar-refractivity contribution in [2.45, 2.75) is 6.92 Å². The number of carbonyl (C=O) groups excluding carboxylic acids is 1. The third kappa shape index (κ3) is 2.31. The van der Waals surface area contributed by atoms with Crippen molar-refractivity contribution in [3.8, 4) is 5.75 Å². The molecular formula is C9H11O2P. The number of rotatable bonds is 2. The Hall–Kier alpha value is -0.880. The fourth-order valence-corrected chi connectivity index (χ4v) is 1.56. The van der Waals surface area contributed by atoms with Gasteiger partial charge in [-0.1, -0.05) is 26.8 Å². The van der Waals surface area contributed by atoms with Gasteiger partial charge in [-0.05, 0) is 12.7 Å². The van der Waals surface area contributed by atoms with Gasteiger partial charge < -0.3 is 4.74 Å². The first-order chi connectivity index (χ1) is 5.74. The monoisotopic (exact) mass is 182 g/mol. The summed E-state index contributed by atoms with van der Waals surface area (Å²) < 4.78 is 5.00. The second-order valence-electron chi connectivity index (χ2n) is 2.34. The molecule has 1 aromatic rings. The van der Waals surface area contributed by atoms with E-state index in [2.05, 4.69) is 6.66 Å². The topological polar surface area (TPSA) is 26.3 Å². The highest BCUT2D eigenvalue weighted by Crippen LogP contribution is 2.15. The van der Waals surface area contributed by atoms with Crippen molar-refractivity contribution in [3.05, 3.63) is 24.3 Å². The highest BCUT2D eigenvalue weighted by atomic mass is 31.1. The normalized spacial score (nSPS) is 10.5. The molecule has 1 atom stereocenters. The maximum absolute atomic E-state index is 10.7. The molecule has 0 bridgehead atoms. The lowest BCUT2D eigenvalue weighted by Crippen LogP contribution is -2.08. The summed E-state index contributed by atoms with van der Waals surface area (Å²) in [6.07, 6.45) is 0.